The van der Waals surface area contributed by atoms with E-state index in [1.54, 1.807) is 24.3 Å². The summed E-state index contributed by atoms with van der Waals surface area (Å²) < 4.78 is 23.8. The summed E-state index contributed by atoms with van der Waals surface area (Å²) in [5, 5.41) is 0. The van der Waals surface area contributed by atoms with Crippen LogP contribution in [0.15, 0.2) is 53.6 Å². The summed E-state index contributed by atoms with van der Waals surface area (Å²) in [6.45, 7) is 2.48. The summed E-state index contributed by atoms with van der Waals surface area (Å²) in [4.78, 5) is 14.8. The van der Waals surface area contributed by atoms with Gasteiger partial charge in [0, 0.05) is 55.3 Å². The third-order valence-electron chi connectivity index (χ3n) is 4.83. The second-order valence-electron chi connectivity index (χ2n) is 6.96. The standard InChI is InChI=1S/C20H20N4O2S2/c1-28(25,26)17-7-5-14(6-8-17)18-4-2-3-16(22-18)13-24-10-9-19-15(12-24)11-21-20(27)23-19/h2-8,11H,9-10,12-13H2,1H3,(H,21,23,27). The second kappa shape index (κ2) is 7.54. The van der Waals surface area contributed by atoms with Crippen LogP contribution in [0.25, 0.3) is 11.3 Å². The van der Waals surface area contributed by atoms with Crippen LogP contribution in [0.2, 0.25) is 0 Å². The van der Waals surface area contributed by atoms with Crippen LogP contribution in [0.5, 0.6) is 0 Å². The Morgan fingerprint density at radius 1 is 1.18 bits per heavy atom. The molecule has 0 radical (unpaired) electrons. The predicted octanol–water partition coefficient (Wildman–Crippen LogP) is 3.16. The van der Waals surface area contributed by atoms with Gasteiger partial charge in [-0.3, -0.25) is 9.88 Å². The minimum atomic E-state index is -3.20. The van der Waals surface area contributed by atoms with Crippen LogP contribution in [-0.2, 0) is 29.3 Å². The van der Waals surface area contributed by atoms with Crippen molar-refractivity contribution in [2.24, 2.45) is 0 Å². The number of aromatic amines is 1. The van der Waals surface area contributed by atoms with Crippen molar-refractivity contribution in [1.29, 1.82) is 0 Å². The smallest absolute Gasteiger partial charge is 0.196 e. The van der Waals surface area contributed by atoms with E-state index in [9.17, 15) is 8.42 Å². The minimum Gasteiger partial charge on any atom is -0.334 e. The normalized spacial score (nSPS) is 14.6. The summed E-state index contributed by atoms with van der Waals surface area (Å²) in [7, 11) is -3.20. The number of fused-ring (bicyclic) bond motifs is 1. The highest BCUT2D eigenvalue weighted by atomic mass is 32.2. The van der Waals surface area contributed by atoms with Crippen molar-refractivity contribution in [1.82, 2.24) is 19.9 Å². The SMILES string of the molecule is CS(=O)(=O)c1ccc(-c2cccc(CN3CCc4[nH]c(=S)ncc4C3)n2)cc1. The van der Waals surface area contributed by atoms with Crippen LogP contribution in [0.4, 0.5) is 0 Å². The first-order valence-corrected chi connectivity index (χ1v) is 11.2. The molecule has 1 N–H and O–H groups in total. The van der Waals surface area contributed by atoms with E-state index >= 15 is 0 Å². The maximum absolute atomic E-state index is 11.6. The summed E-state index contributed by atoms with van der Waals surface area (Å²) in [5.41, 5.74) is 5.05. The zero-order valence-corrected chi connectivity index (χ0v) is 17.1. The number of hydrogen-bond acceptors (Lipinski definition) is 6. The second-order valence-corrected chi connectivity index (χ2v) is 9.37. The fourth-order valence-electron chi connectivity index (χ4n) is 3.37. The number of aromatic nitrogens is 3. The number of hydrogen-bond donors (Lipinski definition) is 1. The lowest BCUT2D eigenvalue weighted by atomic mass is 10.1. The lowest BCUT2D eigenvalue weighted by molar-refractivity contribution is 0.240. The molecule has 0 saturated carbocycles. The molecule has 0 atom stereocenters. The molecule has 1 aromatic carbocycles. The van der Waals surface area contributed by atoms with Gasteiger partial charge in [-0.1, -0.05) is 18.2 Å². The first-order valence-electron chi connectivity index (χ1n) is 8.94. The van der Waals surface area contributed by atoms with Crippen molar-refractivity contribution in [3.63, 3.8) is 0 Å². The minimum absolute atomic E-state index is 0.312. The molecule has 1 aliphatic heterocycles. The van der Waals surface area contributed by atoms with Gasteiger partial charge in [-0.25, -0.2) is 13.4 Å². The Hall–Kier alpha value is -2.42. The number of nitrogens with zero attached hydrogens (tertiary/aromatic N) is 3. The molecular formula is C20H20N4O2S2. The van der Waals surface area contributed by atoms with Gasteiger partial charge >= 0.3 is 0 Å². The molecule has 0 saturated heterocycles. The maximum atomic E-state index is 11.6. The Balaban J connectivity index is 1.51. The molecule has 0 bridgehead atoms. The van der Waals surface area contributed by atoms with Gasteiger partial charge in [-0.2, -0.15) is 0 Å². The summed E-state index contributed by atoms with van der Waals surface area (Å²) >= 11 is 5.10. The Bertz CT molecular complexity index is 1170. The van der Waals surface area contributed by atoms with Crippen LogP contribution in [0.1, 0.15) is 17.0 Å². The highest BCUT2D eigenvalue weighted by Crippen LogP contribution is 2.22. The quantitative estimate of drug-likeness (QED) is 0.663. The summed E-state index contributed by atoms with van der Waals surface area (Å²) in [6.07, 6.45) is 3.97. The Labute approximate surface area is 169 Å². The van der Waals surface area contributed by atoms with Crippen molar-refractivity contribution in [2.75, 3.05) is 12.8 Å². The van der Waals surface area contributed by atoms with Crippen molar-refractivity contribution >= 4 is 22.1 Å². The largest absolute Gasteiger partial charge is 0.334 e. The van der Waals surface area contributed by atoms with Crippen LogP contribution in [0.3, 0.4) is 0 Å². The third kappa shape index (κ3) is 4.19. The van der Waals surface area contributed by atoms with E-state index in [4.69, 9.17) is 17.2 Å². The first-order chi connectivity index (χ1) is 13.4. The van der Waals surface area contributed by atoms with Gasteiger partial charge in [0.15, 0.2) is 14.6 Å². The lowest BCUT2D eigenvalue weighted by Crippen LogP contribution is -2.31. The third-order valence-corrected chi connectivity index (χ3v) is 6.16. The lowest BCUT2D eigenvalue weighted by Gasteiger charge is -2.27. The monoisotopic (exact) mass is 412 g/mol. The molecule has 0 fully saturated rings. The van der Waals surface area contributed by atoms with Crippen molar-refractivity contribution < 1.29 is 8.42 Å². The predicted molar refractivity (Wildman–Crippen MR) is 110 cm³/mol. The number of pyridine rings is 1. The zero-order valence-electron chi connectivity index (χ0n) is 15.4. The number of benzene rings is 1. The van der Waals surface area contributed by atoms with Crippen molar-refractivity contribution in [3.8, 4) is 11.3 Å². The Morgan fingerprint density at radius 3 is 2.71 bits per heavy atom. The highest BCUT2D eigenvalue weighted by molar-refractivity contribution is 7.90. The summed E-state index contributed by atoms with van der Waals surface area (Å²) in [5.74, 6) is 0. The van der Waals surface area contributed by atoms with Crippen molar-refractivity contribution in [2.45, 2.75) is 24.4 Å². The van der Waals surface area contributed by atoms with Gasteiger partial charge in [-0.05, 0) is 36.5 Å². The maximum Gasteiger partial charge on any atom is 0.196 e. The Morgan fingerprint density at radius 2 is 1.96 bits per heavy atom. The number of nitrogens with one attached hydrogen (secondary N) is 1. The van der Waals surface area contributed by atoms with Gasteiger partial charge in [0.05, 0.1) is 16.3 Å². The van der Waals surface area contributed by atoms with Gasteiger partial charge in [-0.15, -0.1) is 0 Å². The molecule has 3 aromatic rings. The van der Waals surface area contributed by atoms with Crippen LogP contribution >= 0.6 is 12.2 Å². The van der Waals surface area contributed by atoms with E-state index in [2.05, 4.69) is 14.9 Å². The van der Waals surface area contributed by atoms with E-state index in [-0.39, 0.29) is 0 Å². The number of H-pyrrole nitrogens is 1. The molecule has 0 unspecified atom stereocenters. The molecule has 144 valence electrons. The van der Waals surface area contributed by atoms with Crippen LogP contribution in [0, 0.1) is 4.77 Å². The zero-order chi connectivity index (χ0) is 19.7. The molecule has 1 aliphatic rings. The molecule has 4 rings (SSSR count). The van der Waals surface area contributed by atoms with E-state index < -0.39 is 9.84 Å². The number of rotatable bonds is 4. The van der Waals surface area contributed by atoms with Crippen LogP contribution < -0.4 is 0 Å². The molecule has 0 aliphatic carbocycles. The van der Waals surface area contributed by atoms with E-state index in [1.165, 1.54) is 17.5 Å². The molecule has 8 heteroatoms. The Kier molecular flexibility index (Phi) is 5.09. The molecule has 2 aromatic heterocycles. The van der Waals surface area contributed by atoms with Gasteiger partial charge in [0.25, 0.3) is 0 Å². The average molecular weight is 413 g/mol. The summed E-state index contributed by atoms with van der Waals surface area (Å²) in [6, 6.07) is 12.8. The highest BCUT2D eigenvalue weighted by Gasteiger charge is 2.17. The molecule has 0 amide bonds. The van der Waals surface area contributed by atoms with Crippen LogP contribution in [-0.4, -0.2) is 41.1 Å². The fourth-order valence-corrected chi connectivity index (χ4v) is 4.18. The van der Waals surface area contributed by atoms with Gasteiger partial charge in [0.2, 0.25) is 0 Å². The fraction of sp³-hybridized carbons (Fsp3) is 0.250. The van der Waals surface area contributed by atoms with E-state index in [1.807, 2.05) is 24.4 Å². The van der Waals surface area contributed by atoms with Gasteiger partial charge < -0.3 is 4.98 Å². The van der Waals surface area contributed by atoms with Crippen molar-refractivity contribution in [3.05, 3.63) is 70.4 Å². The van der Waals surface area contributed by atoms with Gasteiger partial charge in [0.1, 0.15) is 0 Å². The topological polar surface area (TPSA) is 79.0 Å². The first kappa shape index (κ1) is 18.9. The molecule has 6 nitrogen and oxygen atoms in total. The average Bonchev–Trinajstić information content (AvgIpc) is 2.68. The van der Waals surface area contributed by atoms with E-state index in [0.717, 1.165) is 43.0 Å². The number of sulfone groups is 1. The molecular weight excluding hydrogens is 392 g/mol. The molecule has 3 heterocycles. The van der Waals surface area contributed by atoms with E-state index in [0.29, 0.717) is 9.67 Å². The molecule has 28 heavy (non-hydrogen) atoms. The molecule has 0 spiro atoms.